The Morgan fingerprint density at radius 1 is 1.25 bits per heavy atom. The first kappa shape index (κ1) is 19.7. The lowest BCUT2D eigenvalue weighted by Gasteiger charge is -2.24. The van der Waals surface area contributed by atoms with Crippen molar-refractivity contribution in [2.45, 2.75) is 19.3 Å². The maximum Gasteiger partial charge on any atom is 0.226 e. The highest BCUT2D eigenvalue weighted by atomic mass is 16.5. The van der Waals surface area contributed by atoms with Crippen molar-refractivity contribution in [3.8, 4) is 17.3 Å². The molecule has 10 nitrogen and oxygen atoms in total. The minimum Gasteiger partial charge on any atom is -0.493 e. The molecule has 0 bridgehead atoms. The maximum atomic E-state index is 12.6. The van der Waals surface area contributed by atoms with E-state index in [1.165, 1.54) is 0 Å². The van der Waals surface area contributed by atoms with Gasteiger partial charge in [0.05, 0.1) is 13.3 Å². The number of methoxy groups -OCH3 is 1. The van der Waals surface area contributed by atoms with Gasteiger partial charge < -0.3 is 14.8 Å². The number of hydrogen-bond donors (Lipinski definition) is 1. The van der Waals surface area contributed by atoms with Gasteiger partial charge in [0.25, 0.3) is 0 Å². The van der Waals surface area contributed by atoms with Gasteiger partial charge in [0.2, 0.25) is 5.91 Å². The monoisotopic (exact) mass is 431 g/mol. The Labute approximate surface area is 183 Å². The standard InChI is InChI=1S/C22H21N7O3/c1-4-9-32-17-6-5-14(10-18(17)31-3)15-11-21(30)24-22-16(15)12-23-29(22)20-8-7-19-26-25-13(2)28(19)27-20/h4-8,10,12,15H,1,9,11H2,2-3H3,(H,24,30)/t15-/m0/s1. The number of ether oxygens (including phenoxy) is 2. The van der Waals surface area contributed by atoms with Crippen LogP contribution < -0.4 is 14.8 Å². The Kier molecular flexibility index (Phi) is 4.81. The second-order valence-corrected chi connectivity index (χ2v) is 7.38. The largest absolute Gasteiger partial charge is 0.493 e. The minimum atomic E-state index is -0.185. The number of anilines is 1. The molecule has 5 rings (SSSR count). The van der Waals surface area contributed by atoms with Crippen LogP contribution in [0.2, 0.25) is 0 Å². The number of hydrogen-bond acceptors (Lipinski definition) is 7. The summed E-state index contributed by atoms with van der Waals surface area (Å²) >= 11 is 0. The highest BCUT2D eigenvalue weighted by molar-refractivity contribution is 5.94. The molecule has 0 unspecified atom stereocenters. The molecule has 1 aromatic carbocycles. The molecule has 0 fully saturated rings. The fraction of sp³-hybridized carbons (Fsp3) is 0.227. The smallest absolute Gasteiger partial charge is 0.226 e. The van der Waals surface area contributed by atoms with E-state index in [1.807, 2.05) is 31.2 Å². The highest BCUT2D eigenvalue weighted by Crippen LogP contribution is 2.40. The van der Waals surface area contributed by atoms with Crippen molar-refractivity contribution in [3.05, 3.63) is 66.1 Å². The average Bonchev–Trinajstić information content (AvgIpc) is 3.40. The predicted octanol–water partition coefficient (Wildman–Crippen LogP) is 2.67. The molecule has 3 aromatic heterocycles. The van der Waals surface area contributed by atoms with Gasteiger partial charge >= 0.3 is 0 Å². The van der Waals surface area contributed by atoms with Crippen LogP contribution in [0, 0.1) is 6.92 Å². The lowest BCUT2D eigenvalue weighted by atomic mass is 9.87. The summed E-state index contributed by atoms with van der Waals surface area (Å²) in [7, 11) is 1.59. The first-order valence-corrected chi connectivity index (χ1v) is 10.1. The second kappa shape index (κ2) is 7.80. The molecule has 1 N–H and O–H groups in total. The lowest BCUT2D eigenvalue weighted by molar-refractivity contribution is -0.116. The van der Waals surface area contributed by atoms with Crippen LogP contribution in [0.4, 0.5) is 5.82 Å². The highest BCUT2D eigenvalue weighted by Gasteiger charge is 2.31. The van der Waals surface area contributed by atoms with Crippen molar-refractivity contribution in [2.24, 2.45) is 0 Å². The van der Waals surface area contributed by atoms with E-state index in [9.17, 15) is 4.79 Å². The van der Waals surface area contributed by atoms with E-state index in [1.54, 1.807) is 34.6 Å². The van der Waals surface area contributed by atoms with E-state index < -0.39 is 0 Å². The van der Waals surface area contributed by atoms with Crippen LogP contribution in [0.3, 0.4) is 0 Å². The van der Waals surface area contributed by atoms with Crippen LogP contribution in [-0.2, 0) is 4.79 Å². The SMILES string of the molecule is C=CCOc1ccc([C@@H]2CC(=O)Nc3c2cnn3-c2ccc3nnc(C)n3n2)cc1OC. The zero-order chi connectivity index (χ0) is 22.2. The third-order valence-corrected chi connectivity index (χ3v) is 5.39. The van der Waals surface area contributed by atoms with E-state index in [0.29, 0.717) is 47.6 Å². The molecule has 10 heteroatoms. The summed E-state index contributed by atoms with van der Waals surface area (Å²) in [5, 5.41) is 20.1. The molecule has 0 aliphatic carbocycles. The van der Waals surface area contributed by atoms with Gasteiger partial charge in [-0.3, -0.25) is 4.79 Å². The summed E-state index contributed by atoms with van der Waals surface area (Å²) in [5.41, 5.74) is 2.47. The van der Waals surface area contributed by atoms with Crippen LogP contribution in [0.5, 0.6) is 11.5 Å². The molecule has 4 aromatic rings. The maximum absolute atomic E-state index is 12.6. The quantitative estimate of drug-likeness (QED) is 0.468. The van der Waals surface area contributed by atoms with Gasteiger partial charge in [-0.1, -0.05) is 18.7 Å². The van der Waals surface area contributed by atoms with Crippen molar-refractivity contribution in [3.63, 3.8) is 0 Å². The Bertz CT molecular complexity index is 1340. The number of carbonyl (C=O) groups is 1. The number of rotatable bonds is 6. The van der Waals surface area contributed by atoms with E-state index in [0.717, 1.165) is 11.1 Å². The summed E-state index contributed by atoms with van der Waals surface area (Å²) in [5.74, 6) is 2.74. The summed E-state index contributed by atoms with van der Waals surface area (Å²) in [6.07, 6.45) is 3.73. The van der Waals surface area contributed by atoms with E-state index in [4.69, 9.17) is 9.47 Å². The van der Waals surface area contributed by atoms with Crippen molar-refractivity contribution >= 4 is 17.4 Å². The van der Waals surface area contributed by atoms with Gasteiger partial charge in [-0.25, -0.2) is 0 Å². The Morgan fingerprint density at radius 2 is 2.12 bits per heavy atom. The normalized spacial score (nSPS) is 15.3. The zero-order valence-electron chi connectivity index (χ0n) is 17.6. The van der Waals surface area contributed by atoms with E-state index in [2.05, 4.69) is 32.3 Å². The van der Waals surface area contributed by atoms with Gasteiger partial charge in [0.1, 0.15) is 12.4 Å². The Hall–Kier alpha value is -4.21. The topological polar surface area (TPSA) is 108 Å². The van der Waals surface area contributed by atoms with Crippen molar-refractivity contribution in [2.75, 3.05) is 19.0 Å². The molecule has 1 aliphatic heterocycles. The molecule has 1 aliphatic rings. The predicted molar refractivity (Wildman–Crippen MR) is 116 cm³/mol. The molecule has 1 atom stereocenters. The minimum absolute atomic E-state index is 0.100. The van der Waals surface area contributed by atoms with Crippen molar-refractivity contribution < 1.29 is 14.3 Å². The molecule has 0 saturated carbocycles. The molecular weight excluding hydrogens is 410 g/mol. The molecular formula is C22H21N7O3. The number of aromatic nitrogens is 6. The molecule has 0 spiro atoms. The first-order valence-electron chi connectivity index (χ1n) is 10.1. The van der Waals surface area contributed by atoms with Gasteiger partial charge in [-0.2, -0.15) is 14.3 Å². The van der Waals surface area contributed by atoms with Gasteiger partial charge in [0.15, 0.2) is 28.8 Å². The third kappa shape index (κ3) is 3.25. The molecule has 1 amide bonds. The van der Waals surface area contributed by atoms with Crippen LogP contribution >= 0.6 is 0 Å². The number of fused-ring (bicyclic) bond motifs is 2. The third-order valence-electron chi connectivity index (χ3n) is 5.39. The number of nitrogens with zero attached hydrogens (tertiary/aromatic N) is 6. The van der Waals surface area contributed by atoms with E-state index >= 15 is 0 Å². The van der Waals surface area contributed by atoms with Gasteiger partial charge in [0, 0.05) is 17.9 Å². The van der Waals surface area contributed by atoms with Gasteiger partial charge in [-0.15, -0.1) is 15.3 Å². The van der Waals surface area contributed by atoms with Crippen LogP contribution in [0.25, 0.3) is 11.5 Å². The first-order chi connectivity index (χ1) is 15.6. The van der Waals surface area contributed by atoms with Gasteiger partial charge in [-0.05, 0) is 36.8 Å². The summed E-state index contributed by atoms with van der Waals surface area (Å²) in [4.78, 5) is 12.6. The number of aryl methyl sites for hydroxylation is 1. The lowest BCUT2D eigenvalue weighted by Crippen LogP contribution is -2.25. The molecule has 32 heavy (non-hydrogen) atoms. The summed E-state index contributed by atoms with van der Waals surface area (Å²) in [6.45, 7) is 5.87. The number of benzene rings is 1. The molecule has 0 saturated heterocycles. The number of amides is 1. The fourth-order valence-corrected chi connectivity index (χ4v) is 3.86. The summed E-state index contributed by atoms with van der Waals surface area (Å²) < 4.78 is 14.4. The fourth-order valence-electron chi connectivity index (χ4n) is 3.86. The van der Waals surface area contributed by atoms with Crippen molar-refractivity contribution in [1.29, 1.82) is 0 Å². The van der Waals surface area contributed by atoms with Crippen LogP contribution in [0.1, 0.15) is 29.3 Å². The Balaban J connectivity index is 1.56. The second-order valence-electron chi connectivity index (χ2n) is 7.38. The number of nitrogens with one attached hydrogen (secondary N) is 1. The molecule has 4 heterocycles. The van der Waals surface area contributed by atoms with Crippen LogP contribution in [0.15, 0.2) is 49.2 Å². The zero-order valence-corrected chi connectivity index (χ0v) is 17.6. The van der Waals surface area contributed by atoms with Crippen molar-refractivity contribution in [1.82, 2.24) is 29.6 Å². The van der Waals surface area contributed by atoms with E-state index in [-0.39, 0.29) is 11.8 Å². The van der Waals surface area contributed by atoms with Crippen LogP contribution in [-0.4, -0.2) is 49.2 Å². The Morgan fingerprint density at radius 3 is 2.94 bits per heavy atom. The average molecular weight is 431 g/mol. The molecule has 0 radical (unpaired) electrons. The number of carbonyl (C=O) groups excluding carboxylic acids is 1. The molecule has 162 valence electrons. The summed E-state index contributed by atoms with van der Waals surface area (Å²) in [6, 6.07) is 9.29.